The van der Waals surface area contributed by atoms with Crippen LogP contribution in [-0.2, 0) is 15.4 Å². The largest absolute Gasteiger partial charge is 0.465 e. The smallest absolute Gasteiger partial charge is 0.407 e. The van der Waals surface area contributed by atoms with Gasteiger partial charge in [-0.05, 0) is 36.8 Å². The summed E-state index contributed by atoms with van der Waals surface area (Å²) in [5, 5.41) is 27.1. The molecule has 34 heavy (non-hydrogen) atoms. The standard InChI is InChI=1S/C22H24N6O5S/c1-14-13-27(21(30)31)12-9-22(14,8-10-23)28-17-7-11-24-20(29)18(17)19(26-28)25-15-3-5-16(6-4-15)34(2,32)33/h3-7,11,14H,8-9,12-13H2,1-2H3,(H,24,29)(H,25,26)(H,30,31)/t14-,22-/m0/s1. The number of nitriles is 1. The first kappa shape index (κ1) is 23.3. The van der Waals surface area contributed by atoms with Crippen molar-refractivity contribution in [1.29, 1.82) is 5.26 Å². The molecule has 1 aliphatic rings. The molecule has 1 amide bonds. The van der Waals surface area contributed by atoms with Gasteiger partial charge in [0.25, 0.3) is 5.56 Å². The number of rotatable bonds is 5. The fourth-order valence-electron chi connectivity index (χ4n) is 4.56. The number of H-pyrrole nitrogens is 1. The van der Waals surface area contributed by atoms with Crippen LogP contribution in [0.5, 0.6) is 0 Å². The van der Waals surface area contributed by atoms with Gasteiger partial charge in [0, 0.05) is 37.1 Å². The highest BCUT2D eigenvalue weighted by Gasteiger charge is 2.45. The summed E-state index contributed by atoms with van der Waals surface area (Å²) in [6.45, 7) is 2.35. The maximum Gasteiger partial charge on any atom is 0.407 e. The molecule has 2 aromatic heterocycles. The number of pyridine rings is 1. The summed E-state index contributed by atoms with van der Waals surface area (Å²) < 4.78 is 25.2. The molecule has 0 bridgehead atoms. The molecule has 0 spiro atoms. The van der Waals surface area contributed by atoms with E-state index in [0.29, 0.717) is 23.0 Å². The zero-order valence-electron chi connectivity index (χ0n) is 18.6. The van der Waals surface area contributed by atoms with E-state index in [1.807, 2.05) is 6.92 Å². The number of piperidine rings is 1. The number of sulfone groups is 1. The van der Waals surface area contributed by atoms with Gasteiger partial charge in [0.15, 0.2) is 15.7 Å². The molecular weight excluding hydrogens is 460 g/mol. The van der Waals surface area contributed by atoms with Crippen molar-refractivity contribution in [2.24, 2.45) is 5.92 Å². The van der Waals surface area contributed by atoms with Gasteiger partial charge in [0.2, 0.25) is 0 Å². The third-order valence-electron chi connectivity index (χ3n) is 6.45. The average molecular weight is 485 g/mol. The third-order valence-corrected chi connectivity index (χ3v) is 7.58. The molecule has 0 radical (unpaired) electrons. The van der Waals surface area contributed by atoms with Crippen LogP contribution in [0.2, 0.25) is 0 Å². The summed E-state index contributed by atoms with van der Waals surface area (Å²) in [5.74, 6) is 0.00965. The number of amides is 1. The summed E-state index contributed by atoms with van der Waals surface area (Å²) >= 11 is 0. The van der Waals surface area contributed by atoms with Crippen molar-refractivity contribution < 1.29 is 18.3 Å². The summed E-state index contributed by atoms with van der Waals surface area (Å²) in [5.41, 5.74) is -0.135. The molecule has 4 rings (SSSR count). The first-order chi connectivity index (χ1) is 16.1. The van der Waals surface area contributed by atoms with E-state index in [1.165, 1.54) is 23.2 Å². The van der Waals surface area contributed by atoms with E-state index < -0.39 is 21.5 Å². The van der Waals surface area contributed by atoms with Gasteiger partial charge in [-0.3, -0.25) is 9.48 Å². The summed E-state index contributed by atoms with van der Waals surface area (Å²) in [6.07, 6.45) is 2.06. The number of nitrogens with one attached hydrogen (secondary N) is 2. The number of likely N-dealkylation sites (tertiary alicyclic amines) is 1. The Morgan fingerprint density at radius 3 is 2.65 bits per heavy atom. The Morgan fingerprint density at radius 2 is 2.06 bits per heavy atom. The van der Waals surface area contributed by atoms with Gasteiger partial charge < -0.3 is 20.3 Å². The Kier molecular flexibility index (Phi) is 5.82. The van der Waals surface area contributed by atoms with Crippen molar-refractivity contribution in [3.63, 3.8) is 0 Å². The molecule has 1 aromatic carbocycles. The van der Waals surface area contributed by atoms with Gasteiger partial charge in [0.1, 0.15) is 5.39 Å². The van der Waals surface area contributed by atoms with Crippen molar-refractivity contribution in [3.8, 4) is 6.07 Å². The van der Waals surface area contributed by atoms with Gasteiger partial charge in [-0.25, -0.2) is 13.2 Å². The van der Waals surface area contributed by atoms with Crippen molar-refractivity contribution in [1.82, 2.24) is 19.7 Å². The van der Waals surface area contributed by atoms with Crippen LogP contribution in [0.4, 0.5) is 16.3 Å². The van der Waals surface area contributed by atoms with Gasteiger partial charge in [-0.15, -0.1) is 0 Å². The Bertz CT molecular complexity index is 1450. The lowest BCUT2D eigenvalue weighted by molar-refractivity contribution is 0.0480. The Balaban J connectivity index is 1.82. The predicted octanol–water partition coefficient (Wildman–Crippen LogP) is 2.50. The second-order valence-corrected chi connectivity index (χ2v) is 10.6. The molecule has 178 valence electrons. The van der Waals surface area contributed by atoms with E-state index in [-0.39, 0.29) is 41.7 Å². The molecule has 1 fully saturated rings. The molecule has 0 unspecified atom stereocenters. The summed E-state index contributed by atoms with van der Waals surface area (Å²) in [4.78, 5) is 28.4. The fourth-order valence-corrected chi connectivity index (χ4v) is 5.19. The monoisotopic (exact) mass is 484 g/mol. The van der Waals surface area contributed by atoms with Crippen molar-refractivity contribution in [2.75, 3.05) is 24.7 Å². The van der Waals surface area contributed by atoms with E-state index in [1.54, 1.807) is 22.9 Å². The maximum atomic E-state index is 12.8. The zero-order chi connectivity index (χ0) is 24.7. The van der Waals surface area contributed by atoms with Crippen LogP contribution in [0.25, 0.3) is 10.9 Å². The number of hydrogen-bond acceptors (Lipinski definition) is 7. The lowest BCUT2D eigenvalue weighted by atomic mass is 9.76. The number of hydrogen-bond donors (Lipinski definition) is 3. The number of nitrogens with zero attached hydrogens (tertiary/aromatic N) is 4. The highest BCUT2D eigenvalue weighted by Crippen LogP contribution is 2.41. The van der Waals surface area contributed by atoms with Gasteiger partial charge in [-0.1, -0.05) is 6.92 Å². The second kappa shape index (κ2) is 8.49. The number of anilines is 2. The Morgan fingerprint density at radius 1 is 1.35 bits per heavy atom. The molecule has 12 heteroatoms. The lowest BCUT2D eigenvalue weighted by Crippen LogP contribution is -2.53. The molecule has 3 heterocycles. The quantitative estimate of drug-likeness (QED) is 0.498. The molecule has 3 aromatic rings. The van der Waals surface area contributed by atoms with Crippen LogP contribution in [0.1, 0.15) is 19.8 Å². The Labute approximate surface area is 195 Å². The minimum Gasteiger partial charge on any atom is -0.465 e. The maximum absolute atomic E-state index is 12.8. The molecule has 2 atom stereocenters. The SMILES string of the molecule is C[C@H]1CN(C(=O)O)CC[C@]1(CC#N)n1nc(Nc2ccc(S(C)(=O)=O)cc2)c2c(=O)[nH]ccc21. The molecule has 0 aliphatic carbocycles. The molecule has 1 aliphatic heterocycles. The lowest BCUT2D eigenvalue weighted by Gasteiger charge is -2.45. The first-order valence-electron chi connectivity index (χ1n) is 10.6. The molecule has 3 N–H and O–H groups in total. The van der Waals surface area contributed by atoms with E-state index in [9.17, 15) is 28.4 Å². The van der Waals surface area contributed by atoms with Crippen molar-refractivity contribution >= 4 is 38.3 Å². The molecule has 11 nitrogen and oxygen atoms in total. The highest BCUT2D eigenvalue weighted by atomic mass is 32.2. The molecular formula is C22H24N6O5S. The number of aromatic nitrogens is 3. The van der Waals surface area contributed by atoms with Crippen molar-refractivity contribution in [2.45, 2.75) is 30.2 Å². The van der Waals surface area contributed by atoms with E-state index >= 15 is 0 Å². The van der Waals surface area contributed by atoms with E-state index in [4.69, 9.17) is 5.10 Å². The predicted molar refractivity (Wildman–Crippen MR) is 125 cm³/mol. The number of carbonyl (C=O) groups is 1. The first-order valence-corrected chi connectivity index (χ1v) is 12.5. The molecule has 1 saturated heterocycles. The van der Waals surface area contributed by atoms with Crippen LogP contribution in [0.15, 0.2) is 46.2 Å². The summed E-state index contributed by atoms with van der Waals surface area (Å²) in [6, 6.07) is 10.0. The second-order valence-electron chi connectivity index (χ2n) is 8.57. The minimum atomic E-state index is -3.35. The Hall–Kier alpha value is -3.85. The van der Waals surface area contributed by atoms with Gasteiger partial charge in [0.05, 0.1) is 28.4 Å². The third kappa shape index (κ3) is 3.99. The molecule has 0 saturated carbocycles. The van der Waals surface area contributed by atoms with Crippen LogP contribution in [-0.4, -0.2) is 58.6 Å². The van der Waals surface area contributed by atoms with Crippen LogP contribution in [0.3, 0.4) is 0 Å². The fraction of sp³-hybridized carbons (Fsp3) is 0.364. The van der Waals surface area contributed by atoms with E-state index in [2.05, 4.69) is 16.4 Å². The highest BCUT2D eigenvalue weighted by molar-refractivity contribution is 7.90. The summed E-state index contributed by atoms with van der Waals surface area (Å²) in [7, 11) is -3.35. The average Bonchev–Trinajstić information content (AvgIpc) is 3.15. The van der Waals surface area contributed by atoms with Crippen LogP contribution >= 0.6 is 0 Å². The number of aromatic amines is 1. The topological polar surface area (TPSA) is 161 Å². The van der Waals surface area contributed by atoms with Gasteiger partial charge in [-0.2, -0.15) is 10.4 Å². The normalized spacial score (nSPS) is 20.7. The van der Waals surface area contributed by atoms with E-state index in [0.717, 1.165) is 6.26 Å². The number of benzene rings is 1. The zero-order valence-corrected chi connectivity index (χ0v) is 19.5. The van der Waals surface area contributed by atoms with Gasteiger partial charge >= 0.3 is 6.09 Å². The van der Waals surface area contributed by atoms with Crippen molar-refractivity contribution in [3.05, 3.63) is 46.9 Å². The minimum absolute atomic E-state index is 0.0910. The van der Waals surface area contributed by atoms with Crippen LogP contribution in [0, 0.1) is 17.2 Å². The number of fused-ring (bicyclic) bond motifs is 1. The van der Waals surface area contributed by atoms with Crippen LogP contribution < -0.4 is 10.9 Å². The number of carboxylic acid groups (broad SMARTS) is 1.